The van der Waals surface area contributed by atoms with Crippen molar-refractivity contribution in [1.29, 1.82) is 0 Å². The number of anilines is 1. The molecule has 3 nitrogen and oxygen atoms in total. The van der Waals surface area contributed by atoms with Gasteiger partial charge in [0.15, 0.2) is 0 Å². The molecule has 0 bridgehead atoms. The van der Waals surface area contributed by atoms with E-state index in [2.05, 4.69) is 12.2 Å². The van der Waals surface area contributed by atoms with Crippen molar-refractivity contribution in [2.24, 2.45) is 0 Å². The van der Waals surface area contributed by atoms with E-state index in [0.29, 0.717) is 5.02 Å². The average molecular weight is 290 g/mol. The average Bonchev–Trinajstić information content (AvgIpc) is 2.47. The van der Waals surface area contributed by atoms with Crippen LogP contribution in [0.2, 0.25) is 5.02 Å². The van der Waals surface area contributed by atoms with Crippen molar-refractivity contribution in [3.8, 4) is 11.5 Å². The number of nitrogens with one attached hydrogen (secondary N) is 1. The maximum atomic E-state index is 6.10. The lowest BCUT2D eigenvalue weighted by atomic mass is 10.0. The van der Waals surface area contributed by atoms with E-state index in [9.17, 15) is 0 Å². The first-order valence-electron chi connectivity index (χ1n) is 6.54. The number of fused-ring (bicyclic) bond motifs is 1. The maximum absolute atomic E-state index is 6.10. The van der Waals surface area contributed by atoms with Crippen molar-refractivity contribution in [3.05, 3.63) is 53.1 Å². The highest BCUT2D eigenvalue weighted by Crippen LogP contribution is 2.39. The summed E-state index contributed by atoms with van der Waals surface area (Å²) in [4.78, 5) is 0. The molecule has 20 heavy (non-hydrogen) atoms. The molecule has 0 saturated heterocycles. The Balaban J connectivity index is 1.90. The van der Waals surface area contributed by atoms with Crippen LogP contribution >= 0.6 is 11.6 Å². The second kappa shape index (κ2) is 5.25. The van der Waals surface area contributed by atoms with Gasteiger partial charge in [-0.15, -0.1) is 0 Å². The van der Waals surface area contributed by atoms with Crippen LogP contribution in [-0.4, -0.2) is 13.2 Å². The predicted octanol–water partition coefficient (Wildman–Crippen LogP) is 4.28. The van der Waals surface area contributed by atoms with Crippen LogP contribution < -0.4 is 14.8 Å². The summed E-state index contributed by atoms with van der Waals surface area (Å²) in [6.07, 6.45) is -0.0492. The van der Waals surface area contributed by atoms with Gasteiger partial charge in [0.1, 0.15) is 17.6 Å². The Labute approximate surface area is 123 Å². The van der Waals surface area contributed by atoms with E-state index in [4.69, 9.17) is 21.1 Å². The Bertz CT molecular complexity index is 612. The number of halogens is 1. The Hall–Kier alpha value is -1.87. The van der Waals surface area contributed by atoms with E-state index in [1.165, 1.54) is 0 Å². The van der Waals surface area contributed by atoms with E-state index >= 15 is 0 Å². The molecule has 1 N–H and O–H groups in total. The number of methoxy groups -OCH3 is 1. The van der Waals surface area contributed by atoms with Crippen LogP contribution in [0.5, 0.6) is 11.5 Å². The molecule has 2 aromatic carbocycles. The van der Waals surface area contributed by atoms with Crippen molar-refractivity contribution in [1.82, 2.24) is 0 Å². The third-order valence-corrected chi connectivity index (χ3v) is 3.71. The molecule has 104 valence electrons. The summed E-state index contributed by atoms with van der Waals surface area (Å²) in [6.45, 7) is 2.10. The molecule has 4 heteroatoms. The summed E-state index contributed by atoms with van der Waals surface area (Å²) in [5.74, 6) is 1.63. The summed E-state index contributed by atoms with van der Waals surface area (Å²) in [5.41, 5.74) is 2.09. The first-order chi connectivity index (χ1) is 9.67. The van der Waals surface area contributed by atoms with Crippen molar-refractivity contribution in [2.75, 3.05) is 12.4 Å². The Morgan fingerprint density at radius 2 is 1.90 bits per heavy atom. The summed E-state index contributed by atoms with van der Waals surface area (Å²) in [6, 6.07) is 13.8. The summed E-state index contributed by atoms with van der Waals surface area (Å²) < 4.78 is 11.3. The monoisotopic (exact) mass is 289 g/mol. The minimum Gasteiger partial charge on any atom is -0.497 e. The Morgan fingerprint density at radius 3 is 2.60 bits per heavy atom. The highest BCUT2D eigenvalue weighted by Gasteiger charge is 2.27. The predicted molar refractivity (Wildman–Crippen MR) is 80.9 cm³/mol. The largest absolute Gasteiger partial charge is 0.497 e. The summed E-state index contributed by atoms with van der Waals surface area (Å²) in [5, 5.41) is 4.12. The lowest BCUT2D eigenvalue weighted by molar-refractivity contribution is 0.177. The van der Waals surface area contributed by atoms with Crippen molar-refractivity contribution < 1.29 is 9.47 Å². The SMILES string of the molecule is COc1ccc(C2Oc3cc(Cl)ccc3NC2C)cc1. The van der Waals surface area contributed by atoms with E-state index in [0.717, 1.165) is 22.7 Å². The smallest absolute Gasteiger partial charge is 0.144 e. The summed E-state index contributed by atoms with van der Waals surface area (Å²) in [7, 11) is 1.66. The topological polar surface area (TPSA) is 30.5 Å². The van der Waals surface area contributed by atoms with Gasteiger partial charge in [-0.2, -0.15) is 0 Å². The molecule has 0 spiro atoms. The minimum atomic E-state index is -0.0492. The van der Waals surface area contributed by atoms with Crippen molar-refractivity contribution in [2.45, 2.75) is 19.1 Å². The van der Waals surface area contributed by atoms with Gasteiger partial charge in [0.05, 0.1) is 18.8 Å². The lowest BCUT2D eigenvalue weighted by Crippen LogP contribution is -2.32. The molecule has 0 radical (unpaired) electrons. The lowest BCUT2D eigenvalue weighted by Gasteiger charge is -2.33. The van der Waals surface area contributed by atoms with Gasteiger partial charge in [-0.1, -0.05) is 23.7 Å². The number of benzene rings is 2. The van der Waals surface area contributed by atoms with Crippen LogP contribution in [0.1, 0.15) is 18.6 Å². The fraction of sp³-hybridized carbons (Fsp3) is 0.250. The van der Waals surface area contributed by atoms with Gasteiger partial charge in [-0.3, -0.25) is 0 Å². The van der Waals surface area contributed by atoms with Crippen LogP contribution in [0.3, 0.4) is 0 Å². The molecule has 2 aromatic rings. The minimum absolute atomic E-state index is 0.0492. The zero-order valence-electron chi connectivity index (χ0n) is 11.4. The second-order valence-electron chi connectivity index (χ2n) is 4.89. The molecule has 2 unspecified atom stereocenters. The molecular weight excluding hydrogens is 274 g/mol. The van der Waals surface area contributed by atoms with Crippen LogP contribution in [0.25, 0.3) is 0 Å². The second-order valence-corrected chi connectivity index (χ2v) is 5.32. The van der Waals surface area contributed by atoms with Gasteiger partial charge in [-0.25, -0.2) is 0 Å². The fourth-order valence-electron chi connectivity index (χ4n) is 2.42. The van der Waals surface area contributed by atoms with E-state index < -0.39 is 0 Å². The molecule has 0 fully saturated rings. The first-order valence-corrected chi connectivity index (χ1v) is 6.92. The normalized spacial score (nSPS) is 20.6. The number of hydrogen-bond donors (Lipinski definition) is 1. The van der Waals surface area contributed by atoms with E-state index in [1.807, 2.05) is 42.5 Å². The highest BCUT2D eigenvalue weighted by atomic mass is 35.5. The van der Waals surface area contributed by atoms with Gasteiger partial charge < -0.3 is 14.8 Å². The Kier molecular flexibility index (Phi) is 3.45. The molecule has 0 aromatic heterocycles. The highest BCUT2D eigenvalue weighted by molar-refractivity contribution is 6.30. The van der Waals surface area contributed by atoms with Crippen molar-refractivity contribution in [3.63, 3.8) is 0 Å². The summed E-state index contributed by atoms with van der Waals surface area (Å²) >= 11 is 6.02. The Morgan fingerprint density at radius 1 is 1.15 bits per heavy atom. The molecule has 0 aliphatic carbocycles. The maximum Gasteiger partial charge on any atom is 0.144 e. The first kappa shape index (κ1) is 13.1. The number of rotatable bonds is 2. The molecule has 0 saturated carbocycles. The quantitative estimate of drug-likeness (QED) is 0.895. The van der Waals surface area contributed by atoms with Gasteiger partial charge >= 0.3 is 0 Å². The van der Waals surface area contributed by atoms with E-state index in [1.54, 1.807) is 7.11 Å². The third-order valence-electron chi connectivity index (χ3n) is 3.48. The fourth-order valence-corrected chi connectivity index (χ4v) is 2.59. The zero-order chi connectivity index (χ0) is 14.1. The van der Waals surface area contributed by atoms with Crippen LogP contribution in [-0.2, 0) is 0 Å². The molecule has 1 aliphatic heterocycles. The molecular formula is C16H16ClNO2. The molecule has 2 atom stereocenters. The molecule has 1 aliphatic rings. The number of hydrogen-bond acceptors (Lipinski definition) is 3. The zero-order valence-corrected chi connectivity index (χ0v) is 12.1. The standard InChI is InChI=1S/C16H16ClNO2/c1-10-16(11-3-6-13(19-2)7-4-11)20-15-9-12(17)5-8-14(15)18-10/h3-10,16,18H,1-2H3. The van der Waals surface area contributed by atoms with E-state index in [-0.39, 0.29) is 12.1 Å². The van der Waals surface area contributed by atoms with Gasteiger partial charge in [0.25, 0.3) is 0 Å². The van der Waals surface area contributed by atoms with Crippen LogP contribution in [0, 0.1) is 0 Å². The van der Waals surface area contributed by atoms with Gasteiger partial charge in [0.2, 0.25) is 0 Å². The van der Waals surface area contributed by atoms with Crippen LogP contribution in [0.4, 0.5) is 5.69 Å². The molecule has 1 heterocycles. The van der Waals surface area contributed by atoms with Gasteiger partial charge in [0, 0.05) is 11.1 Å². The molecule has 0 amide bonds. The molecule has 3 rings (SSSR count). The van der Waals surface area contributed by atoms with Gasteiger partial charge in [-0.05, 0) is 36.8 Å². The number of ether oxygens (including phenoxy) is 2. The van der Waals surface area contributed by atoms with Crippen LogP contribution in [0.15, 0.2) is 42.5 Å². The van der Waals surface area contributed by atoms with Crippen molar-refractivity contribution >= 4 is 17.3 Å². The third kappa shape index (κ3) is 2.41.